The lowest BCUT2D eigenvalue weighted by atomic mass is 9.95. The zero-order valence-electron chi connectivity index (χ0n) is 10.1. The van der Waals surface area contributed by atoms with Gasteiger partial charge in [-0.15, -0.1) is 0 Å². The fraction of sp³-hybridized carbons (Fsp3) is 0.462. The van der Waals surface area contributed by atoms with Crippen molar-refractivity contribution in [1.29, 1.82) is 0 Å². The van der Waals surface area contributed by atoms with E-state index in [1.165, 1.54) is 6.07 Å². The largest absolute Gasteiger partial charge is 0.479 e. The standard InChI is InChI=1S/C13H16BrFO2/c1-8(2)6-9-4-5-10(7-11(9)14)13(3,15)12(16)17/h4-5,7-8H,6H2,1-3H3,(H,16,17). The predicted octanol–water partition coefficient (Wildman–Crippen LogP) is 3.92. The Morgan fingerprint density at radius 2 is 2.12 bits per heavy atom. The smallest absolute Gasteiger partial charge is 0.345 e. The molecule has 0 radical (unpaired) electrons. The summed E-state index contributed by atoms with van der Waals surface area (Å²) in [5, 5.41) is 8.81. The first-order valence-electron chi connectivity index (χ1n) is 5.46. The van der Waals surface area contributed by atoms with Gasteiger partial charge < -0.3 is 5.11 Å². The zero-order valence-corrected chi connectivity index (χ0v) is 11.7. The summed E-state index contributed by atoms with van der Waals surface area (Å²) in [7, 11) is 0. The molecule has 4 heteroatoms. The van der Waals surface area contributed by atoms with Crippen LogP contribution in [-0.2, 0) is 16.9 Å². The number of benzene rings is 1. The second-order valence-corrected chi connectivity index (χ2v) is 5.57. The van der Waals surface area contributed by atoms with Crippen molar-refractivity contribution in [1.82, 2.24) is 0 Å². The Hall–Kier alpha value is -0.900. The number of halogens is 2. The number of hydrogen-bond acceptors (Lipinski definition) is 1. The Labute approximate surface area is 109 Å². The number of rotatable bonds is 4. The Balaban J connectivity index is 3.08. The average Bonchev–Trinajstić information content (AvgIpc) is 2.20. The van der Waals surface area contributed by atoms with Crippen molar-refractivity contribution in [2.75, 3.05) is 0 Å². The van der Waals surface area contributed by atoms with Crippen molar-refractivity contribution in [3.8, 4) is 0 Å². The summed E-state index contributed by atoms with van der Waals surface area (Å²) in [5.41, 5.74) is -1.13. The molecule has 0 aliphatic carbocycles. The van der Waals surface area contributed by atoms with E-state index in [9.17, 15) is 9.18 Å². The Kier molecular flexibility index (Phi) is 4.31. The molecule has 1 atom stereocenters. The third-order valence-electron chi connectivity index (χ3n) is 2.62. The van der Waals surface area contributed by atoms with Gasteiger partial charge in [0.05, 0.1) is 0 Å². The lowest BCUT2D eigenvalue weighted by Gasteiger charge is -2.17. The fourth-order valence-corrected chi connectivity index (χ4v) is 2.11. The maximum atomic E-state index is 13.9. The van der Waals surface area contributed by atoms with E-state index in [4.69, 9.17) is 5.11 Å². The number of carbonyl (C=O) groups is 1. The van der Waals surface area contributed by atoms with Crippen LogP contribution in [0.5, 0.6) is 0 Å². The molecule has 0 saturated heterocycles. The molecule has 0 bridgehead atoms. The lowest BCUT2D eigenvalue weighted by Crippen LogP contribution is -2.26. The van der Waals surface area contributed by atoms with Crippen LogP contribution >= 0.6 is 15.9 Å². The highest BCUT2D eigenvalue weighted by Crippen LogP contribution is 2.30. The molecule has 1 aromatic rings. The molecule has 1 N–H and O–H groups in total. The van der Waals surface area contributed by atoms with Crippen LogP contribution in [0, 0.1) is 5.92 Å². The van der Waals surface area contributed by atoms with Crippen LogP contribution in [0.25, 0.3) is 0 Å². The van der Waals surface area contributed by atoms with Crippen LogP contribution in [0.2, 0.25) is 0 Å². The highest BCUT2D eigenvalue weighted by atomic mass is 79.9. The lowest BCUT2D eigenvalue weighted by molar-refractivity contribution is -0.150. The minimum atomic E-state index is -2.35. The molecule has 0 saturated carbocycles. The molecule has 94 valence electrons. The fourth-order valence-electron chi connectivity index (χ4n) is 1.57. The highest BCUT2D eigenvalue weighted by Gasteiger charge is 2.35. The first-order chi connectivity index (χ1) is 7.75. The number of alkyl halides is 1. The van der Waals surface area contributed by atoms with Gasteiger partial charge in [-0.1, -0.05) is 41.9 Å². The minimum Gasteiger partial charge on any atom is -0.479 e. The molecule has 17 heavy (non-hydrogen) atoms. The van der Waals surface area contributed by atoms with E-state index < -0.39 is 11.6 Å². The average molecular weight is 303 g/mol. The summed E-state index contributed by atoms with van der Waals surface area (Å²) in [6.07, 6.45) is 0.872. The van der Waals surface area contributed by atoms with Crippen LogP contribution in [0.3, 0.4) is 0 Å². The molecule has 0 fully saturated rings. The van der Waals surface area contributed by atoms with Gasteiger partial charge in [0.1, 0.15) is 0 Å². The Morgan fingerprint density at radius 3 is 2.53 bits per heavy atom. The van der Waals surface area contributed by atoms with Crippen LogP contribution in [0.15, 0.2) is 22.7 Å². The molecule has 0 heterocycles. The first-order valence-corrected chi connectivity index (χ1v) is 6.25. The normalized spacial score (nSPS) is 14.7. The quantitative estimate of drug-likeness (QED) is 0.915. The third-order valence-corrected chi connectivity index (χ3v) is 3.36. The second kappa shape index (κ2) is 5.17. The summed E-state index contributed by atoms with van der Waals surface area (Å²) in [5.74, 6) is -0.977. The van der Waals surface area contributed by atoms with Crippen molar-refractivity contribution < 1.29 is 14.3 Å². The van der Waals surface area contributed by atoms with Gasteiger partial charge in [-0.2, -0.15) is 0 Å². The molecule has 0 spiro atoms. The molecule has 2 nitrogen and oxygen atoms in total. The van der Waals surface area contributed by atoms with Gasteiger partial charge in [-0.25, -0.2) is 9.18 Å². The molecular formula is C13H16BrFO2. The van der Waals surface area contributed by atoms with E-state index >= 15 is 0 Å². The van der Waals surface area contributed by atoms with Crippen LogP contribution < -0.4 is 0 Å². The molecule has 0 amide bonds. The predicted molar refractivity (Wildman–Crippen MR) is 68.8 cm³/mol. The monoisotopic (exact) mass is 302 g/mol. The summed E-state index contributed by atoms with van der Waals surface area (Å²) >= 11 is 3.36. The highest BCUT2D eigenvalue weighted by molar-refractivity contribution is 9.10. The van der Waals surface area contributed by atoms with Crippen molar-refractivity contribution in [2.45, 2.75) is 32.9 Å². The van der Waals surface area contributed by atoms with E-state index in [2.05, 4.69) is 29.8 Å². The van der Waals surface area contributed by atoms with Gasteiger partial charge in [0.2, 0.25) is 5.67 Å². The van der Waals surface area contributed by atoms with Gasteiger partial charge in [0.25, 0.3) is 0 Å². The number of aliphatic carboxylic acids is 1. The van der Waals surface area contributed by atoms with Crippen LogP contribution in [-0.4, -0.2) is 11.1 Å². The van der Waals surface area contributed by atoms with Gasteiger partial charge in [-0.3, -0.25) is 0 Å². The molecule has 0 aliphatic rings. The van der Waals surface area contributed by atoms with Crippen LogP contribution in [0.4, 0.5) is 4.39 Å². The minimum absolute atomic E-state index is 0.157. The summed E-state index contributed by atoms with van der Waals surface area (Å²) in [6.45, 7) is 5.24. The molecule has 0 aromatic heterocycles. The summed E-state index contributed by atoms with van der Waals surface area (Å²) < 4.78 is 14.7. The number of hydrogen-bond donors (Lipinski definition) is 1. The van der Waals surface area contributed by atoms with E-state index in [1.807, 2.05) is 0 Å². The van der Waals surface area contributed by atoms with Gasteiger partial charge in [-0.05, 0) is 30.9 Å². The Morgan fingerprint density at radius 1 is 1.53 bits per heavy atom. The first kappa shape index (κ1) is 14.2. The maximum Gasteiger partial charge on any atom is 0.345 e. The topological polar surface area (TPSA) is 37.3 Å². The summed E-state index contributed by atoms with van der Waals surface area (Å²) in [6, 6.07) is 4.86. The van der Waals surface area contributed by atoms with Gasteiger partial charge >= 0.3 is 5.97 Å². The van der Waals surface area contributed by atoms with E-state index in [-0.39, 0.29) is 5.56 Å². The van der Waals surface area contributed by atoms with Crippen molar-refractivity contribution in [3.63, 3.8) is 0 Å². The summed E-state index contributed by atoms with van der Waals surface area (Å²) in [4.78, 5) is 10.8. The van der Waals surface area contributed by atoms with Crippen molar-refractivity contribution >= 4 is 21.9 Å². The molecule has 1 aromatic carbocycles. The van der Waals surface area contributed by atoms with E-state index in [1.54, 1.807) is 12.1 Å². The zero-order chi connectivity index (χ0) is 13.2. The molecule has 1 unspecified atom stereocenters. The van der Waals surface area contributed by atoms with Crippen molar-refractivity contribution in [2.24, 2.45) is 5.92 Å². The number of carboxylic acid groups (broad SMARTS) is 1. The SMILES string of the molecule is CC(C)Cc1ccc(C(C)(F)C(=O)O)cc1Br. The van der Waals surface area contributed by atoms with Crippen molar-refractivity contribution in [3.05, 3.63) is 33.8 Å². The Bertz CT molecular complexity index is 427. The molecule has 1 rings (SSSR count). The van der Waals surface area contributed by atoms with Crippen LogP contribution in [0.1, 0.15) is 31.9 Å². The third kappa shape index (κ3) is 3.28. The van der Waals surface area contributed by atoms with Gasteiger partial charge in [0.15, 0.2) is 0 Å². The molecular weight excluding hydrogens is 287 g/mol. The molecule has 0 aliphatic heterocycles. The number of carboxylic acids is 1. The second-order valence-electron chi connectivity index (χ2n) is 4.71. The van der Waals surface area contributed by atoms with E-state index in [0.717, 1.165) is 23.4 Å². The maximum absolute atomic E-state index is 13.9. The van der Waals surface area contributed by atoms with Gasteiger partial charge in [0, 0.05) is 10.0 Å². The van der Waals surface area contributed by atoms with E-state index in [0.29, 0.717) is 5.92 Å².